The van der Waals surface area contributed by atoms with E-state index in [0.717, 1.165) is 16.9 Å². The van der Waals surface area contributed by atoms with Crippen LogP contribution in [0.15, 0.2) is 54.6 Å². The zero-order chi connectivity index (χ0) is 19.9. The predicted octanol–water partition coefficient (Wildman–Crippen LogP) is 3.99. The Labute approximate surface area is 168 Å². The van der Waals surface area contributed by atoms with Crippen molar-refractivity contribution in [2.45, 2.75) is 20.0 Å². The minimum absolute atomic E-state index is 0.280. The number of benzene rings is 2. The van der Waals surface area contributed by atoms with E-state index in [-0.39, 0.29) is 5.91 Å². The normalized spacial score (nSPS) is 10.4. The molecule has 2 aromatic carbocycles. The number of halogens is 1. The lowest BCUT2D eigenvalue weighted by atomic mass is 10.2. The Balaban J connectivity index is 1.68. The van der Waals surface area contributed by atoms with E-state index < -0.39 is 0 Å². The van der Waals surface area contributed by atoms with E-state index in [4.69, 9.17) is 16.3 Å². The number of carbonyl (C=O) groups is 1. The lowest BCUT2D eigenvalue weighted by Gasteiger charge is -2.11. The van der Waals surface area contributed by atoms with Crippen molar-refractivity contribution in [1.82, 2.24) is 15.3 Å². The van der Waals surface area contributed by atoms with Crippen molar-refractivity contribution in [3.8, 4) is 5.75 Å². The fourth-order valence-corrected chi connectivity index (χ4v) is 2.90. The van der Waals surface area contributed by atoms with Gasteiger partial charge in [-0.25, -0.2) is 9.97 Å². The summed E-state index contributed by atoms with van der Waals surface area (Å²) in [7, 11) is 1.60. The third-order valence-electron chi connectivity index (χ3n) is 4.11. The fraction of sp³-hybridized carbons (Fsp3) is 0.190. The molecular formula is C21H21ClN4O2. The molecule has 0 saturated heterocycles. The smallest absolute Gasteiger partial charge is 0.270 e. The van der Waals surface area contributed by atoms with Gasteiger partial charge in [-0.15, -0.1) is 0 Å². The van der Waals surface area contributed by atoms with E-state index in [1.807, 2.05) is 55.5 Å². The van der Waals surface area contributed by atoms with Gasteiger partial charge in [0.05, 0.1) is 7.11 Å². The summed E-state index contributed by atoms with van der Waals surface area (Å²) in [5.74, 6) is 0.823. The first-order chi connectivity index (χ1) is 13.6. The average Bonchev–Trinajstić information content (AvgIpc) is 2.71. The van der Waals surface area contributed by atoms with Gasteiger partial charge in [0.1, 0.15) is 11.4 Å². The van der Waals surface area contributed by atoms with Gasteiger partial charge in [0.25, 0.3) is 5.91 Å². The van der Waals surface area contributed by atoms with Crippen LogP contribution in [0, 0.1) is 6.92 Å². The van der Waals surface area contributed by atoms with Gasteiger partial charge >= 0.3 is 0 Å². The monoisotopic (exact) mass is 396 g/mol. The molecule has 144 valence electrons. The molecule has 1 aromatic heterocycles. The molecule has 0 atom stereocenters. The van der Waals surface area contributed by atoms with Crippen molar-refractivity contribution in [3.05, 3.63) is 82.1 Å². The van der Waals surface area contributed by atoms with E-state index in [2.05, 4.69) is 20.6 Å². The van der Waals surface area contributed by atoms with Gasteiger partial charge in [-0.2, -0.15) is 0 Å². The summed E-state index contributed by atoms with van der Waals surface area (Å²) in [6, 6.07) is 16.7. The molecule has 0 saturated carbocycles. The van der Waals surface area contributed by atoms with Crippen LogP contribution in [-0.2, 0) is 13.1 Å². The molecule has 2 N–H and O–H groups in total. The van der Waals surface area contributed by atoms with E-state index in [1.165, 1.54) is 0 Å². The van der Waals surface area contributed by atoms with Crippen LogP contribution in [0.2, 0.25) is 5.02 Å². The molecule has 0 aliphatic carbocycles. The number of nitrogens with zero attached hydrogens (tertiary/aromatic N) is 2. The number of methoxy groups -OCH3 is 1. The molecule has 3 aromatic rings. The van der Waals surface area contributed by atoms with Gasteiger partial charge in [-0.1, -0.05) is 48.0 Å². The van der Waals surface area contributed by atoms with Crippen LogP contribution in [0.5, 0.6) is 5.75 Å². The molecule has 0 fully saturated rings. The zero-order valence-electron chi connectivity index (χ0n) is 15.7. The molecule has 0 radical (unpaired) electrons. The first-order valence-corrected chi connectivity index (χ1v) is 9.17. The third-order valence-corrected chi connectivity index (χ3v) is 4.48. The van der Waals surface area contributed by atoms with E-state index in [0.29, 0.717) is 35.4 Å². The number of aryl methyl sites for hydroxylation is 1. The molecule has 28 heavy (non-hydrogen) atoms. The molecule has 0 unspecified atom stereocenters. The third kappa shape index (κ3) is 4.98. The highest BCUT2D eigenvalue weighted by molar-refractivity contribution is 6.31. The van der Waals surface area contributed by atoms with Crippen LogP contribution in [0.4, 0.5) is 5.95 Å². The largest absolute Gasteiger partial charge is 0.496 e. The first kappa shape index (κ1) is 19.6. The van der Waals surface area contributed by atoms with Gasteiger partial charge in [0.2, 0.25) is 5.95 Å². The Morgan fingerprint density at radius 1 is 1.04 bits per heavy atom. The van der Waals surface area contributed by atoms with Gasteiger partial charge < -0.3 is 15.4 Å². The molecule has 1 heterocycles. The zero-order valence-corrected chi connectivity index (χ0v) is 16.5. The number of para-hydroxylation sites is 1. The van der Waals surface area contributed by atoms with Crippen molar-refractivity contribution in [1.29, 1.82) is 0 Å². The number of hydrogen-bond acceptors (Lipinski definition) is 5. The van der Waals surface area contributed by atoms with Gasteiger partial charge in [0.15, 0.2) is 0 Å². The number of amides is 1. The lowest BCUT2D eigenvalue weighted by Crippen LogP contribution is -2.24. The molecule has 3 rings (SSSR count). The highest BCUT2D eigenvalue weighted by Gasteiger charge is 2.12. The Kier molecular flexibility index (Phi) is 6.45. The molecule has 7 heteroatoms. The maximum atomic E-state index is 12.6. The fourth-order valence-electron chi connectivity index (χ4n) is 2.70. The van der Waals surface area contributed by atoms with Crippen molar-refractivity contribution in [2.24, 2.45) is 0 Å². The summed E-state index contributed by atoms with van der Waals surface area (Å²) in [5, 5.41) is 6.66. The minimum atomic E-state index is -0.280. The van der Waals surface area contributed by atoms with Crippen LogP contribution < -0.4 is 15.4 Å². The SMILES string of the molecule is COc1ccccc1CNC(=O)c1cc(C)nc(NCc2ccccc2Cl)n1. The van der Waals surface area contributed by atoms with Gasteiger partial charge in [0, 0.05) is 29.4 Å². The summed E-state index contributed by atoms with van der Waals surface area (Å²) in [4.78, 5) is 21.2. The number of nitrogens with one attached hydrogen (secondary N) is 2. The van der Waals surface area contributed by atoms with Crippen molar-refractivity contribution in [2.75, 3.05) is 12.4 Å². The van der Waals surface area contributed by atoms with Crippen LogP contribution in [0.25, 0.3) is 0 Å². The van der Waals surface area contributed by atoms with Crippen LogP contribution in [0.3, 0.4) is 0 Å². The Morgan fingerprint density at radius 2 is 1.75 bits per heavy atom. The lowest BCUT2D eigenvalue weighted by molar-refractivity contribution is 0.0945. The summed E-state index contributed by atoms with van der Waals surface area (Å²) in [6.45, 7) is 2.62. The summed E-state index contributed by atoms with van der Waals surface area (Å²) in [5.41, 5.74) is 2.81. The number of carbonyl (C=O) groups excluding carboxylic acids is 1. The van der Waals surface area contributed by atoms with Gasteiger partial charge in [-0.3, -0.25) is 4.79 Å². The molecular weight excluding hydrogens is 376 g/mol. The van der Waals surface area contributed by atoms with E-state index >= 15 is 0 Å². The van der Waals surface area contributed by atoms with Gasteiger partial charge in [-0.05, 0) is 30.7 Å². The Morgan fingerprint density at radius 3 is 2.50 bits per heavy atom. The van der Waals surface area contributed by atoms with E-state index in [1.54, 1.807) is 13.2 Å². The topological polar surface area (TPSA) is 76.1 Å². The van der Waals surface area contributed by atoms with Crippen LogP contribution in [-0.4, -0.2) is 23.0 Å². The van der Waals surface area contributed by atoms with Crippen molar-refractivity contribution >= 4 is 23.5 Å². The van der Waals surface area contributed by atoms with Crippen molar-refractivity contribution < 1.29 is 9.53 Å². The number of ether oxygens (including phenoxy) is 1. The molecule has 0 aliphatic rings. The van der Waals surface area contributed by atoms with Crippen LogP contribution in [0.1, 0.15) is 27.3 Å². The molecule has 6 nitrogen and oxygen atoms in total. The summed E-state index contributed by atoms with van der Waals surface area (Å²) < 4.78 is 5.31. The number of rotatable bonds is 7. The average molecular weight is 397 g/mol. The number of aromatic nitrogens is 2. The molecule has 0 aliphatic heterocycles. The number of anilines is 1. The summed E-state index contributed by atoms with van der Waals surface area (Å²) >= 11 is 6.17. The van der Waals surface area contributed by atoms with E-state index in [9.17, 15) is 4.79 Å². The minimum Gasteiger partial charge on any atom is -0.496 e. The Bertz CT molecular complexity index is 978. The predicted molar refractivity (Wildman–Crippen MR) is 110 cm³/mol. The highest BCUT2D eigenvalue weighted by atomic mass is 35.5. The first-order valence-electron chi connectivity index (χ1n) is 8.80. The maximum Gasteiger partial charge on any atom is 0.270 e. The van der Waals surface area contributed by atoms with Crippen molar-refractivity contribution in [3.63, 3.8) is 0 Å². The standard InChI is InChI=1S/C21H21ClN4O2/c1-14-11-18(20(27)23-13-16-8-4-6-10-19(16)28-2)26-21(25-14)24-12-15-7-3-5-9-17(15)22/h3-11H,12-13H2,1-2H3,(H,23,27)(H,24,25,26). The molecule has 1 amide bonds. The molecule has 0 spiro atoms. The second-order valence-electron chi connectivity index (χ2n) is 6.16. The molecule has 0 bridgehead atoms. The second kappa shape index (κ2) is 9.19. The highest BCUT2D eigenvalue weighted by Crippen LogP contribution is 2.18. The summed E-state index contributed by atoms with van der Waals surface area (Å²) in [6.07, 6.45) is 0. The quantitative estimate of drug-likeness (QED) is 0.631. The maximum absolute atomic E-state index is 12.6. The van der Waals surface area contributed by atoms with Crippen LogP contribution >= 0.6 is 11.6 Å². The number of hydrogen-bond donors (Lipinski definition) is 2. The second-order valence-corrected chi connectivity index (χ2v) is 6.56. The Hall–Kier alpha value is -3.12.